The van der Waals surface area contributed by atoms with Gasteiger partial charge in [0.25, 0.3) is 5.79 Å². The Kier molecular flexibility index (Phi) is 4.12. The van der Waals surface area contributed by atoms with E-state index in [2.05, 4.69) is 46.8 Å². The molecule has 0 aliphatic carbocycles. The first-order valence-corrected chi connectivity index (χ1v) is 8.45. The molecule has 2 aromatic rings. The molecule has 0 radical (unpaired) electrons. The number of hydrogen-bond donors (Lipinski definition) is 0. The van der Waals surface area contributed by atoms with E-state index < -0.39 is 5.79 Å². The average Bonchev–Trinajstić information content (AvgIpc) is 2.82. The van der Waals surface area contributed by atoms with Crippen molar-refractivity contribution in [2.24, 2.45) is 10.9 Å². The molecule has 0 fully saturated rings. The molecule has 2 aromatic carbocycles. The van der Waals surface area contributed by atoms with Crippen molar-refractivity contribution in [2.75, 3.05) is 0 Å². The molecule has 1 aliphatic heterocycles. The molecular formula is C21H25NO2. The largest absolute Gasteiger partial charge is 0.448 e. The third-order valence-electron chi connectivity index (χ3n) is 3.99. The zero-order valence-corrected chi connectivity index (χ0v) is 15.0. The number of rotatable bonds is 3. The first-order chi connectivity index (χ1) is 11.3. The van der Waals surface area contributed by atoms with Gasteiger partial charge < -0.3 is 9.47 Å². The molecule has 126 valence electrons. The lowest BCUT2D eigenvalue weighted by Crippen LogP contribution is -2.39. The third-order valence-corrected chi connectivity index (χ3v) is 3.99. The molecule has 24 heavy (non-hydrogen) atoms. The number of aliphatic imine (C=N–C) groups is 1. The first kappa shape index (κ1) is 16.6. The number of benzene rings is 2. The van der Waals surface area contributed by atoms with Gasteiger partial charge in [-0.1, -0.05) is 50.2 Å². The summed E-state index contributed by atoms with van der Waals surface area (Å²) in [6.07, 6.45) is 0. The van der Waals surface area contributed by atoms with Crippen molar-refractivity contribution < 1.29 is 9.47 Å². The second-order valence-electron chi connectivity index (χ2n) is 7.47. The minimum Gasteiger partial charge on any atom is -0.448 e. The Bertz CT molecular complexity index is 744. The summed E-state index contributed by atoms with van der Waals surface area (Å²) >= 11 is 0. The van der Waals surface area contributed by atoms with Crippen LogP contribution in [-0.2, 0) is 10.5 Å². The molecule has 0 aromatic heterocycles. The maximum absolute atomic E-state index is 6.39. The average molecular weight is 323 g/mol. The van der Waals surface area contributed by atoms with Crippen molar-refractivity contribution in [2.45, 2.75) is 45.9 Å². The van der Waals surface area contributed by atoms with Gasteiger partial charge in [-0.25, -0.2) is 4.99 Å². The molecule has 0 N–H and O–H groups in total. The fraction of sp³-hybridized carbons (Fsp3) is 0.381. The molecule has 0 saturated carbocycles. The Morgan fingerprint density at radius 3 is 2.21 bits per heavy atom. The Morgan fingerprint density at radius 1 is 0.958 bits per heavy atom. The lowest BCUT2D eigenvalue weighted by molar-refractivity contribution is -0.157. The number of nitrogens with zero attached hydrogens (tertiary/aromatic N) is 1. The quantitative estimate of drug-likeness (QED) is 0.782. The van der Waals surface area contributed by atoms with Crippen molar-refractivity contribution in [1.82, 2.24) is 0 Å². The molecule has 0 bridgehead atoms. The zero-order valence-electron chi connectivity index (χ0n) is 15.0. The Morgan fingerprint density at radius 2 is 1.58 bits per heavy atom. The fourth-order valence-electron chi connectivity index (χ4n) is 2.90. The lowest BCUT2D eigenvalue weighted by atomic mass is 9.93. The van der Waals surface area contributed by atoms with Gasteiger partial charge in [0.1, 0.15) is 5.75 Å². The lowest BCUT2D eigenvalue weighted by Gasteiger charge is -2.33. The van der Waals surface area contributed by atoms with Crippen LogP contribution < -0.4 is 4.74 Å². The van der Waals surface area contributed by atoms with Crippen LogP contribution in [0.2, 0.25) is 0 Å². The normalized spacial score (nSPS) is 21.7. The minimum absolute atomic E-state index is 0.117. The van der Waals surface area contributed by atoms with E-state index in [0.29, 0.717) is 5.90 Å². The van der Waals surface area contributed by atoms with E-state index in [4.69, 9.17) is 14.5 Å². The van der Waals surface area contributed by atoms with Crippen molar-refractivity contribution in [3.63, 3.8) is 0 Å². The monoisotopic (exact) mass is 323 g/mol. The summed E-state index contributed by atoms with van der Waals surface area (Å²) in [5, 5.41) is 0. The number of hydrogen-bond acceptors (Lipinski definition) is 3. The third kappa shape index (κ3) is 3.03. The van der Waals surface area contributed by atoms with E-state index >= 15 is 0 Å². The summed E-state index contributed by atoms with van der Waals surface area (Å²) in [5.41, 5.74) is 1.83. The highest BCUT2D eigenvalue weighted by Crippen LogP contribution is 2.44. The van der Waals surface area contributed by atoms with E-state index in [1.807, 2.05) is 42.5 Å². The van der Waals surface area contributed by atoms with Gasteiger partial charge in [-0.15, -0.1) is 0 Å². The van der Waals surface area contributed by atoms with E-state index in [0.717, 1.165) is 16.9 Å². The Hall–Kier alpha value is -2.29. The zero-order chi connectivity index (χ0) is 17.4. The second kappa shape index (κ2) is 5.97. The van der Waals surface area contributed by atoms with E-state index in [1.54, 1.807) is 0 Å². The molecule has 3 nitrogen and oxygen atoms in total. The molecule has 0 spiro atoms. The van der Waals surface area contributed by atoms with Crippen molar-refractivity contribution in [1.29, 1.82) is 0 Å². The smallest absolute Gasteiger partial charge is 0.282 e. The number of ether oxygens (including phenoxy) is 2. The van der Waals surface area contributed by atoms with Gasteiger partial charge in [0.05, 0.1) is 5.54 Å². The molecule has 0 saturated heterocycles. The molecule has 1 aliphatic rings. The van der Waals surface area contributed by atoms with Crippen LogP contribution in [0.5, 0.6) is 5.75 Å². The van der Waals surface area contributed by atoms with Crippen LogP contribution in [0.15, 0.2) is 59.6 Å². The van der Waals surface area contributed by atoms with E-state index in [1.165, 1.54) is 0 Å². The molecule has 1 heterocycles. The second-order valence-corrected chi connectivity index (χ2v) is 7.47. The summed E-state index contributed by atoms with van der Waals surface area (Å²) in [5.74, 6) is 0.703. The highest BCUT2D eigenvalue weighted by molar-refractivity contribution is 5.99. The topological polar surface area (TPSA) is 30.8 Å². The van der Waals surface area contributed by atoms with Gasteiger partial charge in [0, 0.05) is 17.0 Å². The van der Waals surface area contributed by atoms with Crippen LogP contribution in [0.25, 0.3) is 0 Å². The van der Waals surface area contributed by atoms with Gasteiger partial charge in [-0.05, 0) is 39.0 Å². The maximum Gasteiger partial charge on any atom is 0.282 e. The number of para-hydroxylation sites is 1. The predicted octanol–water partition coefficient (Wildman–Crippen LogP) is 5.15. The fourth-order valence-corrected chi connectivity index (χ4v) is 2.90. The van der Waals surface area contributed by atoms with Crippen molar-refractivity contribution in [3.8, 4) is 5.75 Å². The van der Waals surface area contributed by atoms with Crippen LogP contribution in [0.4, 0.5) is 0 Å². The molecular weight excluding hydrogens is 298 g/mol. The van der Waals surface area contributed by atoms with E-state index in [-0.39, 0.29) is 11.5 Å². The van der Waals surface area contributed by atoms with Gasteiger partial charge >= 0.3 is 0 Å². The van der Waals surface area contributed by atoms with Crippen LogP contribution in [0, 0.1) is 5.92 Å². The van der Waals surface area contributed by atoms with Gasteiger partial charge in [-0.3, -0.25) is 0 Å². The molecule has 3 rings (SSSR count). The molecule has 0 amide bonds. The summed E-state index contributed by atoms with van der Waals surface area (Å²) in [6.45, 7) is 10.4. The number of fused-ring (bicyclic) bond motifs is 1. The van der Waals surface area contributed by atoms with Crippen LogP contribution >= 0.6 is 0 Å². The summed E-state index contributed by atoms with van der Waals surface area (Å²) < 4.78 is 12.8. The highest BCUT2D eigenvalue weighted by Gasteiger charge is 2.49. The summed E-state index contributed by atoms with van der Waals surface area (Å²) in [4.78, 5) is 4.78. The molecule has 3 heteroatoms. The Balaban J connectivity index is 2.12. The predicted molar refractivity (Wildman–Crippen MR) is 97.4 cm³/mol. The molecule has 1 atom stereocenters. The van der Waals surface area contributed by atoms with E-state index in [9.17, 15) is 0 Å². The van der Waals surface area contributed by atoms with Gasteiger partial charge in [0.2, 0.25) is 5.90 Å². The van der Waals surface area contributed by atoms with Crippen LogP contribution in [-0.4, -0.2) is 11.4 Å². The molecule has 1 unspecified atom stereocenters. The van der Waals surface area contributed by atoms with Crippen molar-refractivity contribution in [3.05, 3.63) is 65.7 Å². The maximum atomic E-state index is 6.39. The first-order valence-electron chi connectivity index (χ1n) is 8.45. The SMILES string of the molecule is CC(C)C1(Oc2ccccc2)OC(=NC(C)(C)C)c2ccccc21. The minimum atomic E-state index is -0.859. The van der Waals surface area contributed by atoms with Crippen LogP contribution in [0.1, 0.15) is 45.7 Å². The van der Waals surface area contributed by atoms with Crippen LogP contribution in [0.3, 0.4) is 0 Å². The van der Waals surface area contributed by atoms with Gasteiger partial charge in [-0.2, -0.15) is 0 Å². The highest BCUT2D eigenvalue weighted by atomic mass is 16.7. The Labute approximate surface area is 144 Å². The standard InChI is InChI=1S/C21H25NO2/c1-15(2)21(23-16-11-7-6-8-12-16)18-14-10-9-13-17(18)19(24-21)22-20(3,4)5/h6-15H,1-5H3. The summed E-state index contributed by atoms with van der Waals surface area (Å²) in [6, 6.07) is 18.0. The van der Waals surface area contributed by atoms with Crippen molar-refractivity contribution >= 4 is 5.90 Å². The summed E-state index contributed by atoms with van der Waals surface area (Å²) in [7, 11) is 0. The van der Waals surface area contributed by atoms with Gasteiger partial charge in [0.15, 0.2) is 0 Å².